The molecule has 0 amide bonds. The number of nitrogens with two attached hydrogens (primary N) is 1. The average Bonchev–Trinajstić information content (AvgIpc) is 2.58. The van der Waals surface area contributed by atoms with Crippen LogP contribution in [0.2, 0.25) is 0 Å². The number of rotatable bonds is 2. The summed E-state index contributed by atoms with van der Waals surface area (Å²) in [6.45, 7) is 6.91. The van der Waals surface area contributed by atoms with Gasteiger partial charge in [0.1, 0.15) is 0 Å². The first kappa shape index (κ1) is 14.1. The normalized spacial score (nSPS) is 29.6. The molecule has 102 valence electrons. The van der Waals surface area contributed by atoms with Gasteiger partial charge in [0.05, 0.1) is 16.4 Å². The topological polar surface area (TPSA) is 43.8 Å². The molecular weight excluding hydrogens is 290 g/mol. The predicted molar refractivity (Wildman–Crippen MR) is 78.4 cm³/mol. The first-order chi connectivity index (χ1) is 8.34. The fourth-order valence-corrected chi connectivity index (χ4v) is 4.49. The number of aromatic nitrogens is 2. The smallest absolute Gasteiger partial charge is 0.0635 e. The number of halogens is 1. The van der Waals surface area contributed by atoms with Crippen molar-refractivity contribution in [2.24, 2.45) is 24.6 Å². The third-order valence-corrected chi connectivity index (χ3v) is 5.17. The van der Waals surface area contributed by atoms with Crippen molar-refractivity contribution in [3.05, 3.63) is 16.4 Å². The van der Waals surface area contributed by atoms with Crippen molar-refractivity contribution in [2.75, 3.05) is 0 Å². The molecule has 4 heteroatoms. The molecule has 1 heterocycles. The summed E-state index contributed by atoms with van der Waals surface area (Å²) in [7, 11) is 2.01. The lowest BCUT2D eigenvalue weighted by molar-refractivity contribution is 0.164. The first-order valence-corrected chi connectivity index (χ1v) is 7.57. The molecule has 3 unspecified atom stereocenters. The molecule has 1 aliphatic carbocycles. The van der Waals surface area contributed by atoms with Crippen LogP contribution in [0.4, 0.5) is 0 Å². The van der Waals surface area contributed by atoms with Crippen LogP contribution in [0.15, 0.2) is 10.7 Å². The Balaban J connectivity index is 2.31. The summed E-state index contributed by atoms with van der Waals surface area (Å²) in [4.78, 5) is 0. The zero-order chi connectivity index (χ0) is 13.5. The molecule has 1 saturated carbocycles. The van der Waals surface area contributed by atoms with Gasteiger partial charge in [-0.3, -0.25) is 4.68 Å². The highest BCUT2D eigenvalue weighted by Gasteiger charge is 2.40. The highest BCUT2D eigenvalue weighted by atomic mass is 79.9. The van der Waals surface area contributed by atoms with Crippen LogP contribution in [-0.4, -0.2) is 15.8 Å². The zero-order valence-corrected chi connectivity index (χ0v) is 13.4. The molecule has 0 bridgehead atoms. The van der Waals surface area contributed by atoms with Gasteiger partial charge < -0.3 is 5.73 Å². The van der Waals surface area contributed by atoms with Gasteiger partial charge in [-0.2, -0.15) is 5.10 Å². The predicted octanol–water partition coefficient (Wildman–Crippen LogP) is 3.22. The summed E-state index contributed by atoms with van der Waals surface area (Å²) < 4.78 is 3.08. The fourth-order valence-electron chi connectivity index (χ4n) is 3.63. The average molecular weight is 314 g/mol. The third-order valence-electron chi connectivity index (χ3n) is 4.59. The van der Waals surface area contributed by atoms with Crippen molar-refractivity contribution < 1.29 is 0 Å². The summed E-state index contributed by atoms with van der Waals surface area (Å²) in [6.07, 6.45) is 5.53. The van der Waals surface area contributed by atoms with Gasteiger partial charge in [-0.15, -0.1) is 0 Å². The molecule has 0 aromatic carbocycles. The van der Waals surface area contributed by atoms with E-state index in [1.54, 1.807) is 0 Å². The summed E-state index contributed by atoms with van der Waals surface area (Å²) >= 11 is 3.63. The van der Waals surface area contributed by atoms with Crippen LogP contribution < -0.4 is 5.73 Å². The van der Waals surface area contributed by atoms with Gasteiger partial charge in [0, 0.05) is 18.5 Å². The van der Waals surface area contributed by atoms with Crippen LogP contribution >= 0.6 is 15.9 Å². The van der Waals surface area contributed by atoms with Crippen molar-refractivity contribution in [2.45, 2.75) is 51.5 Å². The Bertz CT molecular complexity index is 405. The van der Waals surface area contributed by atoms with Gasteiger partial charge in [0.15, 0.2) is 0 Å². The van der Waals surface area contributed by atoms with E-state index in [0.29, 0.717) is 12.0 Å². The van der Waals surface area contributed by atoms with E-state index in [4.69, 9.17) is 5.73 Å². The summed E-state index contributed by atoms with van der Waals surface area (Å²) in [5.74, 6) is 1.29. The van der Waals surface area contributed by atoms with Gasteiger partial charge in [0.25, 0.3) is 0 Å². The van der Waals surface area contributed by atoms with E-state index in [1.807, 2.05) is 17.9 Å². The Morgan fingerprint density at radius 1 is 1.44 bits per heavy atom. The van der Waals surface area contributed by atoms with E-state index < -0.39 is 0 Å². The molecule has 0 aliphatic heterocycles. The maximum atomic E-state index is 6.42. The third kappa shape index (κ3) is 2.37. The summed E-state index contributed by atoms with van der Waals surface area (Å²) in [5, 5.41) is 4.35. The molecule has 2 N–H and O–H groups in total. The SMILES string of the molecule is CC1CCC(C(C)(C)c2c(Br)cnn2C)C(N)C1. The molecule has 2 rings (SSSR count). The Kier molecular flexibility index (Phi) is 3.88. The number of aryl methyl sites for hydroxylation is 1. The Morgan fingerprint density at radius 3 is 2.61 bits per heavy atom. The van der Waals surface area contributed by atoms with E-state index in [1.165, 1.54) is 18.5 Å². The van der Waals surface area contributed by atoms with Crippen molar-refractivity contribution in [3.8, 4) is 0 Å². The largest absolute Gasteiger partial charge is 0.327 e. The molecule has 0 radical (unpaired) electrons. The lowest BCUT2D eigenvalue weighted by Gasteiger charge is -2.43. The van der Waals surface area contributed by atoms with Gasteiger partial charge in [-0.1, -0.05) is 27.2 Å². The lowest BCUT2D eigenvalue weighted by Crippen LogP contribution is -2.46. The van der Waals surface area contributed by atoms with Gasteiger partial charge in [-0.05, 0) is 40.6 Å². The lowest BCUT2D eigenvalue weighted by atomic mass is 9.65. The highest BCUT2D eigenvalue weighted by Crippen LogP contribution is 2.43. The minimum absolute atomic E-state index is 0.0592. The molecule has 3 atom stereocenters. The highest BCUT2D eigenvalue weighted by molar-refractivity contribution is 9.10. The minimum atomic E-state index is 0.0592. The Morgan fingerprint density at radius 2 is 2.11 bits per heavy atom. The van der Waals surface area contributed by atoms with Crippen molar-refractivity contribution in [1.82, 2.24) is 9.78 Å². The molecule has 0 saturated heterocycles. The summed E-state index contributed by atoms with van der Waals surface area (Å²) in [6, 6.07) is 0.297. The number of hydrogen-bond donors (Lipinski definition) is 1. The second-order valence-electron chi connectivity index (χ2n) is 6.37. The van der Waals surface area contributed by atoms with E-state index in [-0.39, 0.29) is 5.41 Å². The van der Waals surface area contributed by atoms with Gasteiger partial charge in [-0.25, -0.2) is 0 Å². The van der Waals surface area contributed by atoms with Crippen molar-refractivity contribution in [3.63, 3.8) is 0 Å². The first-order valence-electron chi connectivity index (χ1n) is 6.77. The van der Waals surface area contributed by atoms with Crippen LogP contribution in [0.25, 0.3) is 0 Å². The fraction of sp³-hybridized carbons (Fsp3) is 0.786. The molecule has 1 fully saturated rings. The maximum Gasteiger partial charge on any atom is 0.0635 e. The molecule has 1 aromatic heterocycles. The van der Waals surface area contributed by atoms with Crippen molar-refractivity contribution in [1.29, 1.82) is 0 Å². The molecular formula is C14H24BrN3. The number of nitrogens with zero attached hydrogens (tertiary/aromatic N) is 2. The van der Waals surface area contributed by atoms with Crippen LogP contribution in [0, 0.1) is 11.8 Å². The van der Waals surface area contributed by atoms with Crippen LogP contribution in [0.1, 0.15) is 45.7 Å². The molecule has 1 aromatic rings. The van der Waals surface area contributed by atoms with E-state index in [0.717, 1.165) is 16.8 Å². The zero-order valence-electron chi connectivity index (χ0n) is 11.8. The second kappa shape index (κ2) is 4.97. The number of hydrogen-bond acceptors (Lipinski definition) is 2. The monoisotopic (exact) mass is 313 g/mol. The quantitative estimate of drug-likeness (QED) is 0.911. The van der Waals surface area contributed by atoms with Crippen LogP contribution in [0.3, 0.4) is 0 Å². The van der Waals surface area contributed by atoms with E-state index in [2.05, 4.69) is 41.8 Å². The van der Waals surface area contributed by atoms with Crippen LogP contribution in [0.5, 0.6) is 0 Å². The standard InChI is InChI=1S/C14H24BrN3/c1-9-5-6-10(12(16)7-9)14(2,3)13-11(15)8-17-18(13)4/h8-10,12H,5-7,16H2,1-4H3. The van der Waals surface area contributed by atoms with Crippen molar-refractivity contribution >= 4 is 15.9 Å². The molecule has 3 nitrogen and oxygen atoms in total. The molecule has 0 spiro atoms. The summed E-state index contributed by atoms with van der Waals surface area (Å²) in [5.41, 5.74) is 7.74. The second-order valence-corrected chi connectivity index (χ2v) is 7.23. The van der Waals surface area contributed by atoms with E-state index >= 15 is 0 Å². The molecule has 18 heavy (non-hydrogen) atoms. The minimum Gasteiger partial charge on any atom is -0.327 e. The van der Waals surface area contributed by atoms with Crippen LogP contribution in [-0.2, 0) is 12.5 Å². The Labute approximate surface area is 118 Å². The maximum absolute atomic E-state index is 6.42. The van der Waals surface area contributed by atoms with E-state index in [9.17, 15) is 0 Å². The van der Waals surface area contributed by atoms with Gasteiger partial charge in [0.2, 0.25) is 0 Å². The van der Waals surface area contributed by atoms with Gasteiger partial charge >= 0.3 is 0 Å². The molecule has 1 aliphatic rings. The Hall–Kier alpha value is -0.350.